The number of hydrogen-bond donors (Lipinski definition) is 1. The Balaban J connectivity index is 1.65. The molecule has 2 aliphatic rings. The molecule has 3 aromatic rings. The van der Waals surface area contributed by atoms with Gasteiger partial charge in [0, 0.05) is 36.2 Å². The van der Waals surface area contributed by atoms with Crippen LogP contribution in [0.4, 0.5) is 5.69 Å². The van der Waals surface area contributed by atoms with Crippen LogP contribution in [-0.2, 0) is 0 Å². The molecule has 24 heavy (non-hydrogen) atoms. The summed E-state index contributed by atoms with van der Waals surface area (Å²) in [7, 11) is 0. The van der Waals surface area contributed by atoms with Gasteiger partial charge in [0.05, 0.1) is 11.2 Å². The molecule has 1 aromatic heterocycles. The maximum atomic E-state index is 4.84. The quantitative estimate of drug-likeness (QED) is 0.744. The Kier molecular flexibility index (Phi) is 3.31. The van der Waals surface area contributed by atoms with Crippen LogP contribution >= 0.6 is 11.8 Å². The van der Waals surface area contributed by atoms with Crippen molar-refractivity contribution in [1.82, 2.24) is 15.1 Å². The van der Waals surface area contributed by atoms with Crippen molar-refractivity contribution in [2.45, 2.75) is 23.5 Å². The fourth-order valence-electron chi connectivity index (χ4n) is 4.05. The van der Waals surface area contributed by atoms with Gasteiger partial charge in [-0.3, -0.25) is 0 Å². The topological polar surface area (TPSA) is 33.1 Å². The van der Waals surface area contributed by atoms with Crippen molar-refractivity contribution in [2.24, 2.45) is 0 Å². The summed E-state index contributed by atoms with van der Waals surface area (Å²) in [6.45, 7) is 2.22. The fraction of sp³-hybridized carbons (Fsp3) is 0.316. The van der Waals surface area contributed by atoms with E-state index in [9.17, 15) is 0 Å². The molecule has 2 atom stereocenters. The summed E-state index contributed by atoms with van der Waals surface area (Å²) < 4.78 is 2.08. The van der Waals surface area contributed by atoms with Crippen LogP contribution in [-0.4, -0.2) is 41.2 Å². The predicted octanol–water partition coefficient (Wildman–Crippen LogP) is 3.30. The Morgan fingerprint density at radius 2 is 2.00 bits per heavy atom. The van der Waals surface area contributed by atoms with Crippen molar-refractivity contribution in [3.63, 3.8) is 0 Å². The summed E-state index contributed by atoms with van der Waals surface area (Å²) in [5.74, 6) is 0. The summed E-state index contributed by atoms with van der Waals surface area (Å²) in [5, 5.41) is 10.7. The fourth-order valence-corrected chi connectivity index (χ4v) is 4.60. The maximum Gasteiger partial charge on any atom is 0.126 e. The van der Waals surface area contributed by atoms with Crippen LogP contribution in [0, 0.1) is 0 Å². The minimum Gasteiger partial charge on any atom is -0.366 e. The number of para-hydroxylation sites is 1. The van der Waals surface area contributed by atoms with Crippen LogP contribution in [0.5, 0.6) is 0 Å². The van der Waals surface area contributed by atoms with Gasteiger partial charge in [-0.1, -0.05) is 18.2 Å². The van der Waals surface area contributed by atoms with Crippen molar-refractivity contribution in [2.75, 3.05) is 24.2 Å². The first-order valence-electron chi connectivity index (χ1n) is 8.46. The number of nitrogens with one attached hydrogen (secondary N) is 1. The lowest BCUT2D eigenvalue weighted by Gasteiger charge is -2.29. The lowest BCUT2D eigenvalue weighted by molar-refractivity contribution is 0.580. The Morgan fingerprint density at radius 3 is 2.71 bits per heavy atom. The monoisotopic (exact) mass is 336 g/mol. The van der Waals surface area contributed by atoms with E-state index in [-0.39, 0.29) is 0 Å². The lowest BCUT2D eigenvalue weighted by atomic mass is 10.2. The van der Waals surface area contributed by atoms with Gasteiger partial charge in [0.15, 0.2) is 0 Å². The Hall–Kier alpha value is -1.98. The molecule has 5 rings (SSSR count). The molecule has 122 valence electrons. The minimum absolute atomic E-state index is 0.639. The van der Waals surface area contributed by atoms with Crippen molar-refractivity contribution < 1.29 is 0 Å². The number of aromatic nitrogens is 2. The van der Waals surface area contributed by atoms with Gasteiger partial charge >= 0.3 is 0 Å². The third kappa shape index (κ3) is 2.15. The third-order valence-corrected chi connectivity index (χ3v) is 5.90. The molecule has 4 nitrogen and oxygen atoms in total. The van der Waals surface area contributed by atoms with E-state index < -0.39 is 0 Å². The van der Waals surface area contributed by atoms with Gasteiger partial charge in [0.1, 0.15) is 5.03 Å². The molecule has 0 radical (unpaired) electrons. The van der Waals surface area contributed by atoms with E-state index in [0.29, 0.717) is 12.1 Å². The van der Waals surface area contributed by atoms with E-state index in [0.717, 1.165) is 23.8 Å². The Labute approximate surface area is 145 Å². The zero-order valence-corrected chi connectivity index (χ0v) is 14.5. The standard InChI is InChI=1S/C19H20N4S/c1-24-19-17-8-7-15(22-12-13-9-16(22)11-20-13)10-18(17)23(21-19)14-5-3-2-4-6-14/h2-8,10,13,16,20H,9,11-12H2,1H3. The number of hydrogen-bond acceptors (Lipinski definition) is 4. The van der Waals surface area contributed by atoms with E-state index in [1.54, 1.807) is 11.8 Å². The summed E-state index contributed by atoms with van der Waals surface area (Å²) in [5.41, 5.74) is 3.63. The molecular formula is C19H20N4S. The summed E-state index contributed by atoms with van der Waals surface area (Å²) in [4.78, 5) is 2.56. The predicted molar refractivity (Wildman–Crippen MR) is 100 cm³/mol. The molecule has 0 amide bonds. The van der Waals surface area contributed by atoms with Crippen LogP contribution in [0.25, 0.3) is 16.6 Å². The highest BCUT2D eigenvalue weighted by atomic mass is 32.2. The number of thioether (sulfide) groups is 1. The second-order valence-electron chi connectivity index (χ2n) is 6.61. The van der Waals surface area contributed by atoms with Crippen LogP contribution in [0.2, 0.25) is 0 Å². The first kappa shape index (κ1) is 14.4. The highest BCUT2D eigenvalue weighted by Crippen LogP contribution is 2.34. The minimum atomic E-state index is 0.639. The second-order valence-corrected chi connectivity index (χ2v) is 7.40. The first-order valence-corrected chi connectivity index (χ1v) is 9.68. The van der Waals surface area contributed by atoms with Crippen molar-refractivity contribution >= 4 is 28.4 Å². The molecule has 1 N–H and O–H groups in total. The van der Waals surface area contributed by atoms with Crippen molar-refractivity contribution in [3.05, 3.63) is 48.5 Å². The number of fused-ring (bicyclic) bond motifs is 3. The molecular weight excluding hydrogens is 316 g/mol. The van der Waals surface area contributed by atoms with E-state index in [2.05, 4.69) is 63.6 Å². The largest absolute Gasteiger partial charge is 0.366 e. The van der Waals surface area contributed by atoms with Crippen LogP contribution in [0.1, 0.15) is 6.42 Å². The SMILES string of the molecule is CSc1nn(-c2ccccc2)c2cc(N3CC4CC3CN4)ccc12. The number of nitrogens with zero attached hydrogens (tertiary/aromatic N) is 3. The van der Waals surface area contributed by atoms with Gasteiger partial charge < -0.3 is 10.2 Å². The van der Waals surface area contributed by atoms with Crippen LogP contribution < -0.4 is 10.2 Å². The lowest BCUT2D eigenvalue weighted by Crippen LogP contribution is -2.43. The van der Waals surface area contributed by atoms with Crippen LogP contribution in [0.3, 0.4) is 0 Å². The summed E-state index contributed by atoms with van der Waals surface area (Å²) in [6.07, 6.45) is 3.36. The van der Waals surface area contributed by atoms with Crippen LogP contribution in [0.15, 0.2) is 53.6 Å². The van der Waals surface area contributed by atoms with Gasteiger partial charge in [-0.15, -0.1) is 11.8 Å². The maximum absolute atomic E-state index is 4.84. The van der Waals surface area contributed by atoms with Crippen molar-refractivity contribution in [1.29, 1.82) is 0 Å². The molecule has 2 unspecified atom stereocenters. The molecule has 2 aliphatic heterocycles. The second kappa shape index (κ2) is 5.53. The molecule has 2 fully saturated rings. The molecule has 5 heteroatoms. The van der Waals surface area contributed by atoms with Gasteiger partial charge in [-0.05, 0) is 43.0 Å². The summed E-state index contributed by atoms with van der Waals surface area (Å²) in [6, 6.07) is 18.5. The van der Waals surface area contributed by atoms with Gasteiger partial charge in [-0.2, -0.15) is 5.10 Å². The molecule has 0 saturated carbocycles. The molecule has 2 saturated heterocycles. The molecule has 0 aliphatic carbocycles. The van der Waals surface area contributed by atoms with Crippen molar-refractivity contribution in [3.8, 4) is 5.69 Å². The zero-order chi connectivity index (χ0) is 16.1. The average molecular weight is 336 g/mol. The molecule has 3 heterocycles. The third-order valence-electron chi connectivity index (χ3n) is 5.21. The molecule has 2 bridgehead atoms. The highest BCUT2D eigenvalue weighted by Gasteiger charge is 2.37. The molecule has 2 aromatic carbocycles. The Morgan fingerprint density at radius 1 is 1.12 bits per heavy atom. The van der Waals surface area contributed by atoms with E-state index in [1.807, 2.05) is 6.07 Å². The first-order chi connectivity index (χ1) is 11.8. The van der Waals surface area contributed by atoms with Gasteiger partial charge in [0.2, 0.25) is 0 Å². The smallest absolute Gasteiger partial charge is 0.126 e. The highest BCUT2D eigenvalue weighted by molar-refractivity contribution is 7.98. The van der Waals surface area contributed by atoms with Gasteiger partial charge in [0.25, 0.3) is 0 Å². The molecule has 0 spiro atoms. The number of benzene rings is 2. The number of anilines is 1. The number of piperazine rings is 1. The number of rotatable bonds is 3. The van der Waals surface area contributed by atoms with E-state index in [1.165, 1.54) is 23.0 Å². The average Bonchev–Trinajstić information content (AvgIpc) is 3.35. The normalized spacial score (nSPS) is 22.6. The Bertz CT molecular complexity index is 889. The van der Waals surface area contributed by atoms with E-state index >= 15 is 0 Å². The zero-order valence-electron chi connectivity index (χ0n) is 13.6. The summed E-state index contributed by atoms with van der Waals surface area (Å²) >= 11 is 1.71. The van der Waals surface area contributed by atoms with E-state index in [4.69, 9.17) is 5.10 Å². The van der Waals surface area contributed by atoms with Gasteiger partial charge in [-0.25, -0.2) is 4.68 Å².